The molecule has 1 fully saturated rings. The number of hydrogen-bond acceptors (Lipinski definition) is 3. The third-order valence-electron chi connectivity index (χ3n) is 5.72. The number of aromatic nitrogens is 2. The molecule has 1 aliphatic carbocycles. The molecule has 2 unspecified atom stereocenters. The summed E-state index contributed by atoms with van der Waals surface area (Å²) in [5.74, 6) is 0.648. The fourth-order valence-corrected chi connectivity index (χ4v) is 5.12. The van der Waals surface area contributed by atoms with Crippen LogP contribution in [0.15, 0.2) is 64.3 Å². The van der Waals surface area contributed by atoms with Gasteiger partial charge in [-0.15, -0.1) is 0 Å². The van der Waals surface area contributed by atoms with E-state index >= 15 is 0 Å². The second-order valence-corrected chi connectivity index (χ2v) is 10.1. The second-order valence-electron chi connectivity index (χ2n) is 8.11. The quantitative estimate of drug-likeness (QED) is 0.402. The highest BCUT2D eigenvalue weighted by atomic mass is 35.5. The number of imidazole rings is 1. The van der Waals surface area contributed by atoms with Crippen molar-refractivity contribution < 1.29 is 4.79 Å². The highest BCUT2D eigenvalue weighted by Crippen LogP contribution is 2.60. The minimum absolute atomic E-state index is 0.0242. The molecule has 0 N–H and O–H groups in total. The number of carbonyl (C=O) groups is 1. The van der Waals surface area contributed by atoms with Gasteiger partial charge >= 0.3 is 0 Å². The predicted molar refractivity (Wildman–Crippen MR) is 122 cm³/mol. The molecule has 1 heterocycles. The van der Waals surface area contributed by atoms with E-state index in [4.69, 9.17) is 28.2 Å². The third-order valence-corrected chi connectivity index (χ3v) is 6.98. The molecule has 0 saturated heterocycles. The van der Waals surface area contributed by atoms with Gasteiger partial charge in [-0.3, -0.25) is 9.36 Å². The molecular formula is C23H22Cl2N2OS. The van der Waals surface area contributed by atoms with Gasteiger partial charge in [0.1, 0.15) is 4.49 Å². The maximum atomic E-state index is 13.6. The van der Waals surface area contributed by atoms with Crippen LogP contribution in [0.4, 0.5) is 0 Å². The molecule has 1 aliphatic rings. The molecule has 2 atom stereocenters. The van der Waals surface area contributed by atoms with Crippen molar-refractivity contribution in [1.29, 1.82) is 0 Å². The summed E-state index contributed by atoms with van der Waals surface area (Å²) in [6.45, 7) is 6.22. The van der Waals surface area contributed by atoms with Gasteiger partial charge in [-0.1, -0.05) is 90.8 Å². The van der Waals surface area contributed by atoms with Gasteiger partial charge in [0.2, 0.25) is 5.91 Å². The van der Waals surface area contributed by atoms with Gasteiger partial charge in [0.05, 0.1) is 17.0 Å². The number of aryl methyl sites for hydroxylation is 1. The molecule has 3 nitrogen and oxygen atoms in total. The van der Waals surface area contributed by atoms with E-state index in [-0.39, 0.29) is 27.6 Å². The predicted octanol–water partition coefficient (Wildman–Crippen LogP) is 6.87. The third kappa shape index (κ3) is 3.98. The van der Waals surface area contributed by atoms with E-state index in [2.05, 4.69) is 45.0 Å². The minimum Gasteiger partial charge on any atom is -0.274 e. The van der Waals surface area contributed by atoms with Crippen molar-refractivity contribution in [3.63, 3.8) is 0 Å². The Morgan fingerprint density at radius 1 is 1.17 bits per heavy atom. The first-order valence-corrected chi connectivity index (χ1v) is 11.3. The van der Waals surface area contributed by atoms with Crippen molar-refractivity contribution in [3.8, 4) is 0 Å². The summed E-state index contributed by atoms with van der Waals surface area (Å²) in [7, 11) is 0. The Morgan fingerprint density at radius 3 is 2.55 bits per heavy atom. The molecule has 150 valence electrons. The van der Waals surface area contributed by atoms with Crippen LogP contribution in [0.25, 0.3) is 11.0 Å². The summed E-state index contributed by atoms with van der Waals surface area (Å²) in [6, 6.07) is 16.2. The highest BCUT2D eigenvalue weighted by Gasteiger charge is 2.61. The van der Waals surface area contributed by atoms with E-state index in [0.717, 1.165) is 21.9 Å². The summed E-state index contributed by atoms with van der Waals surface area (Å²) < 4.78 is 1.99. The van der Waals surface area contributed by atoms with E-state index < -0.39 is 0 Å². The van der Waals surface area contributed by atoms with Gasteiger partial charge in [-0.2, -0.15) is 0 Å². The van der Waals surface area contributed by atoms with Crippen molar-refractivity contribution in [3.05, 3.63) is 70.2 Å². The standard InChI is InChI=1S/C23H22Cl2N2OS/c1-14-8-10-15(11-9-14)13-29-22-26-17-6-4-5-7-18(17)27(22)21(28)20-16(12-19(24)25)23(20,2)3/h4-12,16,20H,13H2,1-3H3. The lowest BCUT2D eigenvalue weighted by atomic mass is 10.1. The molecule has 0 bridgehead atoms. The van der Waals surface area contributed by atoms with E-state index in [0.29, 0.717) is 0 Å². The summed E-state index contributed by atoms with van der Waals surface area (Å²) in [5, 5.41) is 0.721. The topological polar surface area (TPSA) is 34.9 Å². The Hall–Kier alpha value is -1.75. The smallest absolute Gasteiger partial charge is 0.237 e. The van der Waals surface area contributed by atoms with Crippen LogP contribution >= 0.6 is 35.0 Å². The zero-order chi connectivity index (χ0) is 20.8. The molecule has 0 aliphatic heterocycles. The summed E-state index contributed by atoms with van der Waals surface area (Å²) in [6.07, 6.45) is 1.78. The van der Waals surface area contributed by atoms with Gasteiger partial charge < -0.3 is 0 Å². The highest BCUT2D eigenvalue weighted by molar-refractivity contribution is 7.98. The van der Waals surface area contributed by atoms with Crippen molar-refractivity contribution in [1.82, 2.24) is 9.55 Å². The van der Waals surface area contributed by atoms with E-state index in [1.807, 2.05) is 24.3 Å². The Labute approximate surface area is 185 Å². The molecule has 2 aromatic carbocycles. The Kier molecular flexibility index (Phi) is 5.54. The summed E-state index contributed by atoms with van der Waals surface area (Å²) in [4.78, 5) is 18.3. The average Bonchev–Trinajstić information content (AvgIpc) is 3.03. The van der Waals surface area contributed by atoms with E-state index in [9.17, 15) is 4.79 Å². The molecule has 1 saturated carbocycles. The maximum Gasteiger partial charge on any atom is 0.237 e. The SMILES string of the molecule is Cc1ccc(CSc2nc3ccccc3n2C(=O)C2C(C=C(Cl)Cl)C2(C)C)cc1. The van der Waals surface area contributed by atoms with Crippen molar-refractivity contribution in [2.45, 2.75) is 31.7 Å². The summed E-state index contributed by atoms with van der Waals surface area (Å²) in [5.41, 5.74) is 3.91. The average molecular weight is 445 g/mol. The first-order chi connectivity index (χ1) is 13.8. The van der Waals surface area contributed by atoms with Crippen LogP contribution in [0.5, 0.6) is 0 Å². The van der Waals surface area contributed by atoms with Gasteiger partial charge in [0.15, 0.2) is 5.16 Å². The zero-order valence-corrected chi connectivity index (χ0v) is 18.9. The Balaban J connectivity index is 1.68. The lowest BCUT2D eigenvalue weighted by Crippen LogP contribution is -2.17. The number of benzene rings is 2. The molecule has 3 aromatic rings. The molecule has 0 radical (unpaired) electrons. The van der Waals surface area contributed by atoms with Gasteiger partial charge in [0, 0.05) is 5.75 Å². The molecule has 6 heteroatoms. The minimum atomic E-state index is -0.184. The van der Waals surface area contributed by atoms with Crippen LogP contribution in [0.1, 0.15) is 29.8 Å². The number of para-hydroxylation sites is 2. The molecule has 4 rings (SSSR count). The van der Waals surface area contributed by atoms with E-state index in [1.54, 1.807) is 22.4 Å². The van der Waals surface area contributed by atoms with Gasteiger partial charge in [-0.05, 0) is 42.0 Å². The number of halogens is 2. The van der Waals surface area contributed by atoms with Crippen LogP contribution in [0, 0.1) is 24.2 Å². The normalized spacial score (nSPS) is 19.9. The lowest BCUT2D eigenvalue weighted by molar-refractivity contribution is 0.0862. The van der Waals surface area contributed by atoms with Crippen LogP contribution < -0.4 is 0 Å². The van der Waals surface area contributed by atoms with Crippen LogP contribution in [0.3, 0.4) is 0 Å². The molecule has 1 aromatic heterocycles. The number of allylic oxidation sites excluding steroid dienone is 1. The van der Waals surface area contributed by atoms with Crippen LogP contribution in [-0.4, -0.2) is 15.5 Å². The molecule has 0 spiro atoms. The zero-order valence-electron chi connectivity index (χ0n) is 16.5. The number of nitrogens with zero attached hydrogens (tertiary/aromatic N) is 2. The monoisotopic (exact) mass is 444 g/mol. The summed E-state index contributed by atoms with van der Waals surface area (Å²) >= 11 is 13.3. The molecular weight excluding hydrogens is 423 g/mol. The number of fused-ring (bicyclic) bond motifs is 1. The maximum absolute atomic E-state index is 13.6. The second kappa shape index (κ2) is 7.82. The van der Waals surface area contributed by atoms with Crippen molar-refractivity contribution in [2.24, 2.45) is 17.3 Å². The number of thioether (sulfide) groups is 1. The fourth-order valence-electron chi connectivity index (χ4n) is 3.88. The number of hydrogen-bond donors (Lipinski definition) is 0. The van der Waals surface area contributed by atoms with Crippen molar-refractivity contribution >= 4 is 51.9 Å². The van der Waals surface area contributed by atoms with Crippen molar-refractivity contribution in [2.75, 3.05) is 0 Å². The number of carbonyl (C=O) groups excluding carboxylic acids is 1. The molecule has 29 heavy (non-hydrogen) atoms. The van der Waals surface area contributed by atoms with Crippen LogP contribution in [-0.2, 0) is 5.75 Å². The van der Waals surface area contributed by atoms with E-state index in [1.165, 1.54) is 11.1 Å². The van der Waals surface area contributed by atoms with Gasteiger partial charge in [-0.25, -0.2) is 4.98 Å². The number of rotatable bonds is 5. The van der Waals surface area contributed by atoms with Crippen LogP contribution in [0.2, 0.25) is 0 Å². The fraction of sp³-hybridized carbons (Fsp3) is 0.304. The first kappa shape index (κ1) is 20.5. The first-order valence-electron chi connectivity index (χ1n) is 9.52. The lowest BCUT2D eigenvalue weighted by Gasteiger charge is -2.09. The Morgan fingerprint density at radius 2 is 1.86 bits per heavy atom. The van der Waals surface area contributed by atoms with Gasteiger partial charge in [0.25, 0.3) is 0 Å². The Bertz CT molecular complexity index is 1100. The molecule has 0 amide bonds. The largest absolute Gasteiger partial charge is 0.274 e.